The van der Waals surface area contributed by atoms with Crippen molar-refractivity contribution in [3.63, 3.8) is 0 Å². The first kappa shape index (κ1) is 11.1. The Morgan fingerprint density at radius 1 is 1.47 bits per heavy atom. The molecule has 2 rings (SSSR count). The van der Waals surface area contributed by atoms with Gasteiger partial charge in [0.2, 0.25) is 0 Å². The van der Waals surface area contributed by atoms with Gasteiger partial charge in [0.1, 0.15) is 0 Å². The summed E-state index contributed by atoms with van der Waals surface area (Å²) in [4.78, 5) is 4.29. The van der Waals surface area contributed by atoms with Gasteiger partial charge in [0.15, 0.2) is 0 Å². The Kier molecular flexibility index (Phi) is 3.42. The van der Waals surface area contributed by atoms with Gasteiger partial charge in [0.05, 0.1) is 11.2 Å². The molecule has 1 saturated carbocycles. The Bertz CT molecular complexity index is 283. The molecule has 0 aliphatic heterocycles. The van der Waals surface area contributed by atoms with Crippen LogP contribution >= 0.6 is 11.3 Å². The standard InChI is InChI=1S/C12H20N2S/c1-12(2)5-3-10(4-6-12)13-7-11-8-15-9-14-11/h8-10,13H,3-7H2,1-2H3. The van der Waals surface area contributed by atoms with Gasteiger partial charge in [0.25, 0.3) is 0 Å². The Morgan fingerprint density at radius 2 is 2.20 bits per heavy atom. The normalized spacial score (nSPS) is 21.7. The summed E-state index contributed by atoms with van der Waals surface area (Å²) in [6.45, 7) is 5.70. The molecule has 1 aromatic rings. The number of hydrogen-bond acceptors (Lipinski definition) is 3. The van der Waals surface area contributed by atoms with E-state index in [9.17, 15) is 0 Å². The second-order valence-corrected chi connectivity index (χ2v) is 6.02. The lowest BCUT2D eigenvalue weighted by Gasteiger charge is -2.34. The summed E-state index contributed by atoms with van der Waals surface area (Å²) in [5.74, 6) is 0. The predicted molar refractivity (Wildman–Crippen MR) is 65.0 cm³/mol. The van der Waals surface area contributed by atoms with E-state index < -0.39 is 0 Å². The quantitative estimate of drug-likeness (QED) is 0.853. The smallest absolute Gasteiger partial charge is 0.0795 e. The van der Waals surface area contributed by atoms with Crippen LogP contribution in [0, 0.1) is 5.41 Å². The summed E-state index contributed by atoms with van der Waals surface area (Å²) in [6, 6.07) is 0.708. The molecular formula is C12H20N2S. The van der Waals surface area contributed by atoms with Crippen LogP contribution in [0.2, 0.25) is 0 Å². The molecule has 0 spiro atoms. The lowest BCUT2D eigenvalue weighted by atomic mass is 9.75. The Balaban J connectivity index is 1.73. The molecule has 0 radical (unpaired) electrons. The first-order chi connectivity index (χ1) is 7.16. The largest absolute Gasteiger partial charge is 0.308 e. The number of rotatable bonds is 3. The molecule has 1 aliphatic carbocycles. The average molecular weight is 224 g/mol. The van der Waals surface area contributed by atoms with Crippen LogP contribution < -0.4 is 5.32 Å². The molecule has 3 heteroatoms. The highest BCUT2D eigenvalue weighted by molar-refractivity contribution is 7.07. The summed E-state index contributed by atoms with van der Waals surface area (Å²) < 4.78 is 0. The molecule has 1 fully saturated rings. The minimum Gasteiger partial charge on any atom is -0.308 e. The Morgan fingerprint density at radius 3 is 2.80 bits per heavy atom. The Hall–Kier alpha value is -0.410. The van der Waals surface area contributed by atoms with Crippen molar-refractivity contribution in [2.24, 2.45) is 5.41 Å². The molecule has 1 N–H and O–H groups in total. The van der Waals surface area contributed by atoms with E-state index in [0.29, 0.717) is 11.5 Å². The minimum atomic E-state index is 0.568. The van der Waals surface area contributed by atoms with Gasteiger partial charge in [-0.1, -0.05) is 13.8 Å². The Labute approximate surface area is 96.1 Å². The van der Waals surface area contributed by atoms with Gasteiger partial charge in [0, 0.05) is 18.0 Å². The highest BCUT2D eigenvalue weighted by Gasteiger charge is 2.26. The molecule has 15 heavy (non-hydrogen) atoms. The zero-order valence-corrected chi connectivity index (χ0v) is 10.4. The summed E-state index contributed by atoms with van der Waals surface area (Å²) >= 11 is 1.67. The fourth-order valence-corrected chi connectivity index (χ4v) is 2.74. The highest BCUT2D eigenvalue weighted by atomic mass is 32.1. The molecule has 1 aromatic heterocycles. The number of aromatic nitrogens is 1. The van der Waals surface area contributed by atoms with Gasteiger partial charge < -0.3 is 5.32 Å². The topological polar surface area (TPSA) is 24.9 Å². The van der Waals surface area contributed by atoms with Gasteiger partial charge in [-0.3, -0.25) is 0 Å². The van der Waals surface area contributed by atoms with Gasteiger partial charge in [-0.05, 0) is 31.1 Å². The van der Waals surface area contributed by atoms with Gasteiger partial charge in [-0.25, -0.2) is 4.98 Å². The van der Waals surface area contributed by atoms with E-state index in [1.807, 2.05) is 5.51 Å². The fourth-order valence-electron chi connectivity index (χ4n) is 2.18. The summed E-state index contributed by atoms with van der Waals surface area (Å²) in [5.41, 5.74) is 3.66. The van der Waals surface area contributed by atoms with Crippen LogP contribution in [0.1, 0.15) is 45.2 Å². The lowest BCUT2D eigenvalue weighted by Crippen LogP contribution is -2.35. The fraction of sp³-hybridized carbons (Fsp3) is 0.750. The first-order valence-electron chi connectivity index (χ1n) is 5.76. The maximum absolute atomic E-state index is 4.29. The van der Waals surface area contributed by atoms with Crippen LogP contribution in [0.4, 0.5) is 0 Å². The molecule has 0 atom stereocenters. The van der Waals surface area contributed by atoms with E-state index in [0.717, 1.165) is 6.54 Å². The van der Waals surface area contributed by atoms with Gasteiger partial charge in [-0.2, -0.15) is 0 Å². The number of hydrogen-bond donors (Lipinski definition) is 1. The predicted octanol–water partition coefficient (Wildman–Crippen LogP) is 3.20. The van der Waals surface area contributed by atoms with Crippen LogP contribution in [-0.2, 0) is 6.54 Å². The zero-order chi connectivity index (χ0) is 10.7. The number of nitrogens with one attached hydrogen (secondary N) is 1. The van der Waals surface area contributed by atoms with Crippen LogP contribution in [0.5, 0.6) is 0 Å². The van der Waals surface area contributed by atoms with E-state index in [2.05, 4.69) is 29.5 Å². The molecule has 84 valence electrons. The summed E-state index contributed by atoms with van der Waals surface area (Å²) in [6.07, 6.45) is 5.33. The van der Waals surface area contributed by atoms with E-state index in [1.54, 1.807) is 11.3 Å². The van der Waals surface area contributed by atoms with Crippen LogP contribution in [0.15, 0.2) is 10.9 Å². The summed E-state index contributed by atoms with van der Waals surface area (Å²) in [7, 11) is 0. The maximum Gasteiger partial charge on any atom is 0.0795 e. The average Bonchev–Trinajstić information content (AvgIpc) is 2.69. The van der Waals surface area contributed by atoms with Crippen molar-refractivity contribution in [3.8, 4) is 0 Å². The van der Waals surface area contributed by atoms with Crippen molar-refractivity contribution >= 4 is 11.3 Å². The molecule has 0 amide bonds. The van der Waals surface area contributed by atoms with Crippen LogP contribution in [0.3, 0.4) is 0 Å². The van der Waals surface area contributed by atoms with Crippen molar-refractivity contribution in [1.82, 2.24) is 10.3 Å². The third kappa shape index (κ3) is 3.28. The SMILES string of the molecule is CC1(C)CCC(NCc2cscn2)CC1. The maximum atomic E-state index is 4.29. The molecule has 0 aromatic carbocycles. The number of thiazole rings is 1. The van der Waals surface area contributed by atoms with E-state index in [4.69, 9.17) is 0 Å². The molecule has 0 bridgehead atoms. The third-order valence-corrected chi connectivity index (χ3v) is 4.03. The zero-order valence-electron chi connectivity index (χ0n) is 9.62. The van der Waals surface area contributed by atoms with Crippen molar-refractivity contribution in [2.45, 2.75) is 52.1 Å². The molecule has 1 aliphatic rings. The van der Waals surface area contributed by atoms with Crippen molar-refractivity contribution in [3.05, 3.63) is 16.6 Å². The monoisotopic (exact) mass is 224 g/mol. The van der Waals surface area contributed by atoms with E-state index in [1.165, 1.54) is 31.4 Å². The summed E-state index contributed by atoms with van der Waals surface area (Å²) in [5, 5.41) is 5.73. The highest BCUT2D eigenvalue weighted by Crippen LogP contribution is 2.34. The minimum absolute atomic E-state index is 0.568. The van der Waals surface area contributed by atoms with Crippen LogP contribution in [0.25, 0.3) is 0 Å². The van der Waals surface area contributed by atoms with Gasteiger partial charge >= 0.3 is 0 Å². The molecule has 0 saturated heterocycles. The second-order valence-electron chi connectivity index (χ2n) is 5.30. The third-order valence-electron chi connectivity index (χ3n) is 3.39. The van der Waals surface area contributed by atoms with Crippen LogP contribution in [-0.4, -0.2) is 11.0 Å². The molecule has 2 nitrogen and oxygen atoms in total. The molecule has 0 unspecified atom stereocenters. The second kappa shape index (κ2) is 4.62. The first-order valence-corrected chi connectivity index (χ1v) is 6.70. The lowest BCUT2D eigenvalue weighted by molar-refractivity contribution is 0.206. The van der Waals surface area contributed by atoms with Crippen molar-refractivity contribution in [2.75, 3.05) is 0 Å². The van der Waals surface area contributed by atoms with E-state index in [-0.39, 0.29) is 0 Å². The van der Waals surface area contributed by atoms with E-state index >= 15 is 0 Å². The van der Waals surface area contributed by atoms with Crippen molar-refractivity contribution in [1.29, 1.82) is 0 Å². The number of nitrogens with zero attached hydrogens (tertiary/aromatic N) is 1. The molecule has 1 heterocycles. The molecular weight excluding hydrogens is 204 g/mol. The van der Waals surface area contributed by atoms with Crippen molar-refractivity contribution < 1.29 is 0 Å². The van der Waals surface area contributed by atoms with Gasteiger partial charge in [-0.15, -0.1) is 11.3 Å².